The molecule has 2 rings (SSSR count). The van der Waals surface area contributed by atoms with Crippen molar-refractivity contribution in [2.45, 2.75) is 13.1 Å². The van der Waals surface area contributed by atoms with Crippen LogP contribution < -0.4 is 0 Å². The smallest absolute Gasteiger partial charge is 0.433 e. The van der Waals surface area contributed by atoms with Crippen LogP contribution in [-0.2, 0) is 6.18 Å². The molecule has 1 N–H and O–H groups in total. The number of carbonyl (C=O) groups is 1. The van der Waals surface area contributed by atoms with Crippen LogP contribution >= 0.6 is 0 Å². The van der Waals surface area contributed by atoms with Crippen molar-refractivity contribution in [2.24, 2.45) is 0 Å². The monoisotopic (exact) mass is 246 g/mol. The van der Waals surface area contributed by atoms with Gasteiger partial charge in [-0.2, -0.15) is 17.7 Å². The number of rotatable bonds is 1. The zero-order valence-electron chi connectivity index (χ0n) is 8.36. The molecule has 0 aliphatic rings. The van der Waals surface area contributed by atoms with Crippen LogP contribution in [0.15, 0.2) is 6.07 Å². The third-order valence-corrected chi connectivity index (χ3v) is 2.05. The van der Waals surface area contributed by atoms with E-state index in [1.165, 1.54) is 6.92 Å². The van der Waals surface area contributed by atoms with E-state index in [-0.39, 0.29) is 11.3 Å². The molecule has 0 aromatic carbocycles. The summed E-state index contributed by atoms with van der Waals surface area (Å²) in [6, 6.07) is 0.420. The minimum atomic E-state index is -4.72. The highest BCUT2D eigenvalue weighted by Crippen LogP contribution is 2.28. The summed E-state index contributed by atoms with van der Waals surface area (Å²) in [7, 11) is 0. The maximum atomic E-state index is 12.5. The van der Waals surface area contributed by atoms with Gasteiger partial charge in [0.1, 0.15) is 11.4 Å². The van der Waals surface area contributed by atoms with Crippen molar-refractivity contribution in [2.75, 3.05) is 0 Å². The lowest BCUT2D eigenvalue weighted by molar-refractivity contribution is -0.141. The highest BCUT2D eigenvalue weighted by atomic mass is 19.4. The van der Waals surface area contributed by atoms with Crippen LogP contribution in [0.5, 0.6) is 0 Å². The Morgan fingerprint density at radius 1 is 1.47 bits per heavy atom. The molecule has 0 spiro atoms. The van der Waals surface area contributed by atoms with Crippen molar-refractivity contribution in [1.29, 1.82) is 0 Å². The van der Waals surface area contributed by atoms with Gasteiger partial charge in [0.05, 0.1) is 0 Å². The molecule has 6 nitrogen and oxygen atoms in total. The van der Waals surface area contributed by atoms with Crippen molar-refractivity contribution in [1.82, 2.24) is 19.8 Å². The number of hydrogen-bond acceptors (Lipinski definition) is 4. The van der Waals surface area contributed by atoms with Crippen LogP contribution in [0.1, 0.15) is 21.9 Å². The van der Waals surface area contributed by atoms with E-state index in [1.807, 2.05) is 0 Å². The Labute approximate surface area is 91.7 Å². The summed E-state index contributed by atoms with van der Waals surface area (Å²) < 4.78 is 38.2. The van der Waals surface area contributed by atoms with Gasteiger partial charge in [-0.25, -0.2) is 9.78 Å². The molecule has 0 aliphatic heterocycles. The first-order valence-electron chi connectivity index (χ1n) is 4.34. The maximum absolute atomic E-state index is 12.5. The average molecular weight is 246 g/mol. The number of carboxylic acid groups (broad SMARTS) is 1. The van der Waals surface area contributed by atoms with Crippen LogP contribution in [0.2, 0.25) is 0 Å². The van der Waals surface area contributed by atoms with Crippen molar-refractivity contribution >= 4 is 11.6 Å². The highest BCUT2D eigenvalue weighted by molar-refractivity contribution is 5.86. The fourth-order valence-corrected chi connectivity index (χ4v) is 1.28. The maximum Gasteiger partial charge on any atom is 0.433 e. The van der Waals surface area contributed by atoms with E-state index < -0.39 is 23.5 Å². The summed E-state index contributed by atoms with van der Waals surface area (Å²) in [5, 5.41) is 15.7. The Balaban J connectivity index is 2.83. The molecule has 90 valence electrons. The largest absolute Gasteiger partial charge is 0.477 e. The standard InChI is InChI=1S/C8H5F3N4O2/c1-3-6-12-5(8(9,10)11)2-4(7(16)17)15(6)14-13-3/h2H,1H3,(H,16,17). The van der Waals surface area contributed by atoms with Crippen LogP contribution in [0.25, 0.3) is 5.65 Å². The van der Waals surface area contributed by atoms with E-state index >= 15 is 0 Å². The average Bonchev–Trinajstić information content (AvgIpc) is 2.58. The van der Waals surface area contributed by atoms with Crippen molar-refractivity contribution in [3.05, 3.63) is 23.1 Å². The molecule has 0 fully saturated rings. The number of carboxylic acids is 1. The molecule has 0 saturated heterocycles. The van der Waals surface area contributed by atoms with Gasteiger partial charge in [0, 0.05) is 6.07 Å². The number of fused-ring (bicyclic) bond motifs is 1. The lowest BCUT2D eigenvalue weighted by atomic mass is 10.3. The molecule has 0 saturated carbocycles. The fourth-order valence-electron chi connectivity index (χ4n) is 1.28. The van der Waals surface area contributed by atoms with Gasteiger partial charge in [0.25, 0.3) is 0 Å². The Hall–Kier alpha value is -2.19. The van der Waals surface area contributed by atoms with Crippen LogP contribution in [0, 0.1) is 6.92 Å². The van der Waals surface area contributed by atoms with E-state index in [9.17, 15) is 18.0 Å². The second-order valence-electron chi connectivity index (χ2n) is 3.24. The van der Waals surface area contributed by atoms with Gasteiger partial charge in [-0.15, -0.1) is 5.10 Å². The third-order valence-electron chi connectivity index (χ3n) is 2.05. The summed E-state index contributed by atoms with van der Waals surface area (Å²) in [5.41, 5.74) is -2.02. The van der Waals surface area contributed by atoms with Crippen LogP contribution in [0.3, 0.4) is 0 Å². The summed E-state index contributed by atoms with van der Waals surface area (Å²) in [4.78, 5) is 14.1. The molecule has 2 aromatic heterocycles. The van der Waals surface area contributed by atoms with Gasteiger partial charge in [0.2, 0.25) is 0 Å². The molecule has 0 radical (unpaired) electrons. The molecule has 0 bridgehead atoms. The van der Waals surface area contributed by atoms with Crippen LogP contribution in [0.4, 0.5) is 13.2 Å². The number of halogens is 3. The number of aromatic carboxylic acids is 1. The van der Waals surface area contributed by atoms with E-state index in [2.05, 4.69) is 15.3 Å². The zero-order valence-corrected chi connectivity index (χ0v) is 8.36. The molecular formula is C8H5F3N4O2. The number of alkyl halides is 3. The minimum Gasteiger partial charge on any atom is -0.477 e. The second kappa shape index (κ2) is 3.40. The summed E-state index contributed by atoms with van der Waals surface area (Å²) in [5.74, 6) is -1.53. The lowest BCUT2D eigenvalue weighted by Crippen LogP contribution is -2.15. The molecule has 0 amide bonds. The van der Waals surface area contributed by atoms with E-state index in [4.69, 9.17) is 5.11 Å². The molecule has 0 aliphatic carbocycles. The molecule has 0 atom stereocenters. The van der Waals surface area contributed by atoms with Gasteiger partial charge in [-0.3, -0.25) is 0 Å². The number of nitrogens with zero attached hydrogens (tertiary/aromatic N) is 4. The Kier molecular flexibility index (Phi) is 2.26. The molecule has 9 heteroatoms. The molecular weight excluding hydrogens is 241 g/mol. The van der Waals surface area contributed by atoms with Gasteiger partial charge in [0.15, 0.2) is 11.3 Å². The Morgan fingerprint density at radius 3 is 2.65 bits per heavy atom. The third kappa shape index (κ3) is 1.79. The number of aromatic nitrogens is 4. The van der Waals surface area contributed by atoms with Gasteiger partial charge in [-0.05, 0) is 6.92 Å². The van der Waals surface area contributed by atoms with E-state index in [1.54, 1.807) is 0 Å². The van der Waals surface area contributed by atoms with Gasteiger partial charge >= 0.3 is 12.1 Å². The Morgan fingerprint density at radius 2 is 2.12 bits per heavy atom. The van der Waals surface area contributed by atoms with Crippen molar-refractivity contribution in [3.63, 3.8) is 0 Å². The van der Waals surface area contributed by atoms with Gasteiger partial charge < -0.3 is 5.11 Å². The highest BCUT2D eigenvalue weighted by Gasteiger charge is 2.34. The first kappa shape index (κ1) is 11.3. The van der Waals surface area contributed by atoms with Crippen molar-refractivity contribution in [3.8, 4) is 0 Å². The first-order chi connectivity index (χ1) is 7.80. The number of hydrogen-bond donors (Lipinski definition) is 1. The van der Waals surface area contributed by atoms with Crippen molar-refractivity contribution < 1.29 is 23.1 Å². The summed E-state index contributed by atoms with van der Waals surface area (Å²) in [6.07, 6.45) is -4.72. The lowest BCUT2D eigenvalue weighted by Gasteiger charge is -2.07. The quantitative estimate of drug-likeness (QED) is 0.816. The molecule has 2 heterocycles. The van der Waals surface area contributed by atoms with Crippen LogP contribution in [-0.4, -0.2) is 30.9 Å². The fraction of sp³-hybridized carbons (Fsp3) is 0.250. The normalized spacial score (nSPS) is 12.0. The second-order valence-corrected chi connectivity index (χ2v) is 3.24. The topological polar surface area (TPSA) is 80.4 Å². The molecule has 0 unspecified atom stereocenters. The number of aryl methyl sites for hydroxylation is 1. The summed E-state index contributed by atoms with van der Waals surface area (Å²) >= 11 is 0. The zero-order chi connectivity index (χ0) is 12.8. The predicted octanol–water partition coefficient (Wildman–Crippen LogP) is 1.15. The Bertz CT molecular complexity index is 605. The SMILES string of the molecule is Cc1nnn2c(C(=O)O)cc(C(F)(F)F)nc12. The van der Waals surface area contributed by atoms with E-state index in [0.29, 0.717) is 6.07 Å². The summed E-state index contributed by atoms with van der Waals surface area (Å²) in [6.45, 7) is 1.39. The van der Waals surface area contributed by atoms with Gasteiger partial charge in [-0.1, -0.05) is 5.21 Å². The first-order valence-corrected chi connectivity index (χ1v) is 4.34. The minimum absolute atomic E-state index is 0.124. The predicted molar refractivity (Wildman–Crippen MR) is 47.5 cm³/mol. The van der Waals surface area contributed by atoms with E-state index in [0.717, 1.165) is 4.52 Å². The molecule has 17 heavy (non-hydrogen) atoms. The molecule has 2 aromatic rings.